The Morgan fingerprint density at radius 2 is 2.04 bits per heavy atom. The van der Waals surface area contributed by atoms with Crippen molar-refractivity contribution in [2.75, 3.05) is 18.6 Å². The van der Waals surface area contributed by atoms with Gasteiger partial charge >= 0.3 is 0 Å². The molecule has 2 heterocycles. The summed E-state index contributed by atoms with van der Waals surface area (Å²) in [5.74, 6) is 0.535. The highest BCUT2D eigenvalue weighted by Crippen LogP contribution is 2.31. The molecule has 1 N–H and O–H groups in total. The van der Waals surface area contributed by atoms with Crippen molar-refractivity contribution in [1.29, 1.82) is 0 Å². The van der Waals surface area contributed by atoms with Crippen LogP contribution in [0, 0.1) is 0 Å². The number of carbonyl (C=O) groups excluding carboxylic acids is 2. The zero-order chi connectivity index (χ0) is 16.2. The number of hydrogen-bond donors (Lipinski definition) is 1. The topological polar surface area (TPSA) is 71.5 Å². The first-order valence-electron chi connectivity index (χ1n) is 7.35. The Bertz CT molecular complexity index is 737. The fourth-order valence-electron chi connectivity index (χ4n) is 2.40. The summed E-state index contributed by atoms with van der Waals surface area (Å²) in [7, 11) is 1.73. The van der Waals surface area contributed by atoms with Crippen molar-refractivity contribution in [1.82, 2.24) is 10.3 Å². The van der Waals surface area contributed by atoms with Crippen LogP contribution < -0.4 is 15.0 Å². The molecule has 1 aromatic carbocycles. The summed E-state index contributed by atoms with van der Waals surface area (Å²) in [5, 5.41) is 2.85. The molecule has 0 spiro atoms. The van der Waals surface area contributed by atoms with E-state index in [-0.39, 0.29) is 24.2 Å². The fourth-order valence-corrected chi connectivity index (χ4v) is 2.40. The van der Waals surface area contributed by atoms with Crippen LogP contribution >= 0.6 is 12.4 Å². The summed E-state index contributed by atoms with van der Waals surface area (Å²) >= 11 is 0. The molecule has 0 unspecified atom stereocenters. The van der Waals surface area contributed by atoms with Gasteiger partial charge in [0.15, 0.2) is 0 Å². The standard InChI is InChI=1S/C17H17N3O3.ClH/c1-20-14-10-12(2-3-15(14)23-9-6-16(20)21)11-19-17(22)13-4-7-18-8-5-13;/h2-5,7-8,10H,6,9,11H2,1H3,(H,19,22);1H. The van der Waals surface area contributed by atoms with Gasteiger partial charge in [0.05, 0.1) is 18.7 Å². The molecule has 0 saturated heterocycles. The average Bonchev–Trinajstić information content (AvgIpc) is 2.73. The maximum Gasteiger partial charge on any atom is 0.251 e. The fraction of sp³-hybridized carbons (Fsp3) is 0.235. The van der Waals surface area contributed by atoms with Gasteiger partial charge in [0.25, 0.3) is 5.91 Å². The van der Waals surface area contributed by atoms with E-state index in [1.165, 1.54) is 0 Å². The van der Waals surface area contributed by atoms with Gasteiger partial charge in [-0.1, -0.05) is 6.07 Å². The maximum atomic E-state index is 12.1. The molecule has 0 aliphatic carbocycles. The minimum atomic E-state index is -0.164. The zero-order valence-electron chi connectivity index (χ0n) is 13.2. The van der Waals surface area contributed by atoms with Gasteiger partial charge in [-0.2, -0.15) is 0 Å². The molecule has 1 aliphatic heterocycles. The number of ether oxygens (including phenoxy) is 1. The van der Waals surface area contributed by atoms with Gasteiger partial charge in [-0.25, -0.2) is 0 Å². The molecule has 0 bridgehead atoms. The first kappa shape index (κ1) is 17.7. The number of benzene rings is 1. The first-order chi connectivity index (χ1) is 11.1. The molecule has 2 aromatic rings. The molecule has 0 atom stereocenters. The van der Waals surface area contributed by atoms with E-state index < -0.39 is 0 Å². The summed E-state index contributed by atoms with van der Waals surface area (Å²) in [6, 6.07) is 8.90. The van der Waals surface area contributed by atoms with Crippen molar-refractivity contribution < 1.29 is 14.3 Å². The monoisotopic (exact) mass is 347 g/mol. The van der Waals surface area contributed by atoms with Crippen molar-refractivity contribution >= 4 is 29.9 Å². The number of pyridine rings is 1. The molecule has 126 valence electrons. The molecule has 0 saturated carbocycles. The van der Waals surface area contributed by atoms with Crippen molar-refractivity contribution in [3.05, 3.63) is 53.9 Å². The molecule has 24 heavy (non-hydrogen) atoms. The molecular formula is C17H18ClN3O3. The lowest BCUT2D eigenvalue weighted by atomic mass is 10.1. The van der Waals surface area contributed by atoms with Crippen LogP contribution in [0.25, 0.3) is 0 Å². The van der Waals surface area contributed by atoms with Crippen LogP contribution in [-0.4, -0.2) is 30.5 Å². The third-order valence-electron chi connectivity index (χ3n) is 3.73. The van der Waals surface area contributed by atoms with Gasteiger partial charge in [0.2, 0.25) is 5.91 Å². The Labute approximate surface area is 146 Å². The summed E-state index contributed by atoms with van der Waals surface area (Å²) < 4.78 is 5.58. The van der Waals surface area contributed by atoms with Gasteiger partial charge in [-0.05, 0) is 29.8 Å². The summed E-state index contributed by atoms with van der Waals surface area (Å²) in [6.45, 7) is 0.755. The van der Waals surface area contributed by atoms with Crippen LogP contribution in [-0.2, 0) is 11.3 Å². The molecule has 1 aromatic heterocycles. The van der Waals surface area contributed by atoms with Crippen LogP contribution in [0.5, 0.6) is 5.75 Å². The molecule has 6 nitrogen and oxygen atoms in total. The minimum absolute atomic E-state index is 0. The Kier molecular flexibility index (Phi) is 5.76. The van der Waals surface area contributed by atoms with Gasteiger partial charge in [0.1, 0.15) is 5.75 Å². The SMILES string of the molecule is CN1C(=O)CCOc2ccc(CNC(=O)c3ccncc3)cc21.Cl. The van der Waals surface area contributed by atoms with Crippen LogP contribution in [0.3, 0.4) is 0 Å². The maximum absolute atomic E-state index is 12.1. The third-order valence-corrected chi connectivity index (χ3v) is 3.73. The Morgan fingerprint density at radius 1 is 1.29 bits per heavy atom. The molecule has 0 fully saturated rings. The molecule has 7 heteroatoms. The highest BCUT2D eigenvalue weighted by molar-refractivity contribution is 5.95. The van der Waals surface area contributed by atoms with E-state index in [9.17, 15) is 9.59 Å². The average molecular weight is 348 g/mol. The number of amides is 2. The second-order valence-corrected chi connectivity index (χ2v) is 5.27. The van der Waals surface area contributed by atoms with Gasteiger partial charge in [-0.15, -0.1) is 12.4 Å². The Hall–Kier alpha value is -2.60. The largest absolute Gasteiger partial charge is 0.491 e. The van der Waals surface area contributed by atoms with E-state index >= 15 is 0 Å². The van der Waals surface area contributed by atoms with Gasteiger partial charge in [-0.3, -0.25) is 14.6 Å². The van der Waals surface area contributed by atoms with E-state index in [1.807, 2.05) is 18.2 Å². The number of anilines is 1. The number of nitrogens with one attached hydrogen (secondary N) is 1. The number of nitrogens with zero attached hydrogens (tertiary/aromatic N) is 2. The molecule has 0 radical (unpaired) electrons. The Morgan fingerprint density at radius 3 is 2.79 bits per heavy atom. The lowest BCUT2D eigenvalue weighted by molar-refractivity contribution is -0.118. The highest BCUT2D eigenvalue weighted by atomic mass is 35.5. The third kappa shape index (κ3) is 3.83. The van der Waals surface area contributed by atoms with Crippen molar-refractivity contribution in [3.63, 3.8) is 0 Å². The molecule has 2 amide bonds. The highest BCUT2D eigenvalue weighted by Gasteiger charge is 2.20. The lowest BCUT2D eigenvalue weighted by Gasteiger charge is -2.17. The first-order valence-corrected chi connectivity index (χ1v) is 7.35. The van der Waals surface area contributed by atoms with Crippen molar-refractivity contribution in [3.8, 4) is 5.75 Å². The number of hydrogen-bond acceptors (Lipinski definition) is 4. The minimum Gasteiger partial charge on any atom is -0.491 e. The number of aromatic nitrogens is 1. The quantitative estimate of drug-likeness (QED) is 0.923. The zero-order valence-corrected chi connectivity index (χ0v) is 14.0. The normalized spacial score (nSPS) is 13.2. The summed E-state index contributed by atoms with van der Waals surface area (Å²) in [4.78, 5) is 29.4. The van der Waals surface area contributed by atoms with Gasteiger partial charge < -0.3 is 15.0 Å². The van der Waals surface area contributed by atoms with E-state index in [0.29, 0.717) is 30.9 Å². The number of rotatable bonds is 3. The second kappa shape index (κ2) is 7.79. The second-order valence-electron chi connectivity index (χ2n) is 5.27. The van der Waals surface area contributed by atoms with Crippen molar-refractivity contribution in [2.45, 2.75) is 13.0 Å². The number of halogens is 1. The van der Waals surface area contributed by atoms with Crippen LogP contribution in [0.4, 0.5) is 5.69 Å². The van der Waals surface area contributed by atoms with E-state index in [4.69, 9.17) is 4.74 Å². The smallest absolute Gasteiger partial charge is 0.251 e. The number of carbonyl (C=O) groups is 2. The van der Waals surface area contributed by atoms with E-state index in [1.54, 1.807) is 36.5 Å². The molecule has 3 rings (SSSR count). The van der Waals surface area contributed by atoms with Crippen LogP contribution in [0.1, 0.15) is 22.3 Å². The van der Waals surface area contributed by atoms with E-state index in [0.717, 1.165) is 11.3 Å². The summed E-state index contributed by atoms with van der Waals surface area (Å²) in [6.07, 6.45) is 3.52. The Balaban J connectivity index is 0.00000208. The summed E-state index contributed by atoms with van der Waals surface area (Å²) in [5.41, 5.74) is 2.19. The molecule has 1 aliphatic rings. The molecular weight excluding hydrogens is 330 g/mol. The predicted octanol–water partition coefficient (Wildman–Crippen LogP) is 2.18. The van der Waals surface area contributed by atoms with Crippen LogP contribution in [0.2, 0.25) is 0 Å². The predicted molar refractivity (Wildman–Crippen MR) is 92.6 cm³/mol. The number of fused-ring (bicyclic) bond motifs is 1. The van der Waals surface area contributed by atoms with Crippen molar-refractivity contribution in [2.24, 2.45) is 0 Å². The van der Waals surface area contributed by atoms with Crippen LogP contribution in [0.15, 0.2) is 42.7 Å². The lowest BCUT2D eigenvalue weighted by Crippen LogP contribution is -2.26. The van der Waals surface area contributed by atoms with E-state index in [2.05, 4.69) is 10.3 Å². The van der Waals surface area contributed by atoms with Gasteiger partial charge in [0, 0.05) is 31.5 Å².